The lowest BCUT2D eigenvalue weighted by Crippen LogP contribution is -2.26. The summed E-state index contributed by atoms with van der Waals surface area (Å²) in [6.07, 6.45) is -4.07. The zero-order valence-corrected chi connectivity index (χ0v) is 14.4. The van der Waals surface area contributed by atoms with E-state index in [2.05, 4.69) is 20.6 Å². The molecule has 146 valence electrons. The fourth-order valence-electron chi connectivity index (χ4n) is 2.38. The first-order valence-electron chi connectivity index (χ1n) is 7.85. The monoisotopic (exact) mass is 395 g/mol. The number of nitrogens with zero attached hydrogens (tertiary/aromatic N) is 4. The summed E-state index contributed by atoms with van der Waals surface area (Å²) in [7, 11) is 1.34. The molecule has 0 aliphatic carbocycles. The molecule has 3 rings (SSSR count). The maximum atomic E-state index is 13.6. The molecule has 0 saturated carbocycles. The number of hydrogen-bond acceptors (Lipinski definition) is 5. The highest BCUT2D eigenvalue weighted by Gasteiger charge is 2.41. The maximum absolute atomic E-state index is 13.6. The first-order valence-corrected chi connectivity index (χ1v) is 7.85. The van der Waals surface area contributed by atoms with Gasteiger partial charge in [0.2, 0.25) is 5.88 Å². The molecule has 1 aromatic carbocycles. The van der Waals surface area contributed by atoms with Crippen LogP contribution in [0, 0.1) is 5.82 Å². The van der Waals surface area contributed by atoms with Gasteiger partial charge in [-0.15, -0.1) is 10.2 Å². The van der Waals surface area contributed by atoms with Crippen LogP contribution in [0.3, 0.4) is 0 Å². The van der Waals surface area contributed by atoms with Crippen LogP contribution in [-0.4, -0.2) is 33.0 Å². The first kappa shape index (κ1) is 19.3. The molecule has 7 nitrogen and oxygen atoms in total. The second kappa shape index (κ2) is 7.62. The van der Waals surface area contributed by atoms with Crippen LogP contribution in [0.1, 0.15) is 21.6 Å². The van der Waals surface area contributed by atoms with Crippen LogP contribution in [-0.2, 0) is 12.7 Å². The minimum absolute atomic E-state index is 0.0794. The summed E-state index contributed by atoms with van der Waals surface area (Å²) in [5.74, 6) is -1.56. The molecule has 1 amide bonds. The predicted molar refractivity (Wildman–Crippen MR) is 88.3 cm³/mol. The van der Waals surface area contributed by atoms with Crippen LogP contribution in [0.15, 0.2) is 42.6 Å². The maximum Gasteiger partial charge on any atom is 0.434 e. The van der Waals surface area contributed by atoms with Gasteiger partial charge >= 0.3 is 6.18 Å². The number of nitrogens with one attached hydrogen (secondary N) is 1. The topological polar surface area (TPSA) is 81.9 Å². The third-order valence-electron chi connectivity index (χ3n) is 3.70. The van der Waals surface area contributed by atoms with Gasteiger partial charge in [0.25, 0.3) is 5.91 Å². The van der Waals surface area contributed by atoms with Crippen LogP contribution in [0.4, 0.5) is 17.6 Å². The van der Waals surface area contributed by atoms with Crippen molar-refractivity contribution in [2.45, 2.75) is 12.7 Å². The van der Waals surface area contributed by atoms with E-state index in [1.165, 1.54) is 43.5 Å². The lowest BCUT2D eigenvalue weighted by Gasteiger charge is -2.12. The standard InChI is InChI=1S/C17H13F4N5O2/c1-28-14-7-6-13(24-25-14)26-15(17(19,20)21)12(9-23-26)16(27)22-8-10-2-4-11(18)5-3-10/h2-7,9H,8H2,1H3,(H,22,27). The molecule has 1 N–H and O–H groups in total. The van der Waals surface area contributed by atoms with Crippen LogP contribution < -0.4 is 10.1 Å². The normalized spacial score (nSPS) is 11.3. The zero-order valence-electron chi connectivity index (χ0n) is 14.4. The number of benzene rings is 1. The van der Waals surface area contributed by atoms with Gasteiger partial charge < -0.3 is 10.1 Å². The van der Waals surface area contributed by atoms with Crippen molar-refractivity contribution in [3.63, 3.8) is 0 Å². The number of rotatable bonds is 5. The number of halogens is 4. The van der Waals surface area contributed by atoms with Crippen LogP contribution >= 0.6 is 0 Å². The number of aromatic nitrogens is 4. The van der Waals surface area contributed by atoms with Crippen molar-refractivity contribution in [1.29, 1.82) is 0 Å². The molecule has 3 aromatic rings. The molecule has 0 bridgehead atoms. The molecule has 0 spiro atoms. The summed E-state index contributed by atoms with van der Waals surface area (Å²) in [4.78, 5) is 12.3. The summed E-state index contributed by atoms with van der Waals surface area (Å²) in [5.41, 5.74) is -1.44. The molecule has 28 heavy (non-hydrogen) atoms. The Balaban J connectivity index is 1.88. The Hall–Kier alpha value is -3.50. The summed E-state index contributed by atoms with van der Waals surface area (Å²) in [6, 6.07) is 7.74. The zero-order chi connectivity index (χ0) is 20.3. The lowest BCUT2D eigenvalue weighted by atomic mass is 10.2. The molecule has 2 aromatic heterocycles. The molecule has 0 saturated heterocycles. The summed E-state index contributed by atoms with van der Waals surface area (Å²) >= 11 is 0. The number of methoxy groups -OCH3 is 1. The molecule has 0 atom stereocenters. The van der Waals surface area contributed by atoms with Crippen LogP contribution in [0.2, 0.25) is 0 Å². The highest BCUT2D eigenvalue weighted by molar-refractivity contribution is 5.95. The Morgan fingerprint density at radius 2 is 1.86 bits per heavy atom. The molecule has 0 aliphatic rings. The van der Waals surface area contributed by atoms with Gasteiger partial charge in [0.05, 0.1) is 18.9 Å². The Bertz CT molecular complexity index is 969. The van der Waals surface area contributed by atoms with E-state index >= 15 is 0 Å². The molecular formula is C17H13F4N5O2. The predicted octanol–water partition coefficient (Wildman–Crippen LogP) is 2.76. The number of amides is 1. The first-order chi connectivity index (χ1) is 13.3. The Morgan fingerprint density at radius 1 is 1.14 bits per heavy atom. The van der Waals surface area contributed by atoms with Gasteiger partial charge in [0.15, 0.2) is 11.5 Å². The molecular weight excluding hydrogens is 382 g/mol. The van der Waals surface area contributed by atoms with Gasteiger partial charge in [-0.25, -0.2) is 9.07 Å². The minimum Gasteiger partial charge on any atom is -0.480 e. The van der Waals surface area contributed by atoms with Crippen molar-refractivity contribution in [1.82, 2.24) is 25.3 Å². The van der Waals surface area contributed by atoms with Crippen LogP contribution in [0.25, 0.3) is 5.82 Å². The van der Waals surface area contributed by atoms with Gasteiger partial charge in [-0.05, 0) is 23.8 Å². The Morgan fingerprint density at radius 3 is 2.43 bits per heavy atom. The van der Waals surface area contributed by atoms with Gasteiger partial charge in [-0.2, -0.15) is 18.3 Å². The van der Waals surface area contributed by atoms with E-state index < -0.39 is 29.2 Å². The minimum atomic E-state index is -4.87. The highest BCUT2D eigenvalue weighted by Crippen LogP contribution is 2.33. The molecule has 0 fully saturated rings. The lowest BCUT2D eigenvalue weighted by molar-refractivity contribution is -0.143. The van der Waals surface area contributed by atoms with E-state index in [9.17, 15) is 22.4 Å². The van der Waals surface area contributed by atoms with E-state index in [4.69, 9.17) is 4.74 Å². The van der Waals surface area contributed by atoms with Crippen molar-refractivity contribution in [2.75, 3.05) is 7.11 Å². The molecule has 0 unspecified atom stereocenters. The average Bonchev–Trinajstić information content (AvgIpc) is 3.13. The molecule has 0 aliphatic heterocycles. The van der Waals surface area contributed by atoms with Crippen molar-refractivity contribution in [3.05, 3.63) is 65.2 Å². The summed E-state index contributed by atoms with van der Waals surface area (Å²) < 4.78 is 59.0. The Kier molecular flexibility index (Phi) is 5.25. The van der Waals surface area contributed by atoms with Gasteiger partial charge in [-0.1, -0.05) is 12.1 Å². The van der Waals surface area contributed by atoms with Gasteiger partial charge in [0, 0.05) is 12.6 Å². The smallest absolute Gasteiger partial charge is 0.434 e. The second-order valence-corrected chi connectivity index (χ2v) is 5.56. The van der Waals surface area contributed by atoms with Crippen molar-refractivity contribution < 1.29 is 27.1 Å². The van der Waals surface area contributed by atoms with Crippen LogP contribution in [0.5, 0.6) is 5.88 Å². The molecule has 11 heteroatoms. The van der Waals surface area contributed by atoms with Crippen molar-refractivity contribution in [2.24, 2.45) is 0 Å². The fourth-order valence-corrected chi connectivity index (χ4v) is 2.38. The number of carbonyl (C=O) groups is 1. The van der Waals surface area contributed by atoms with E-state index in [0.717, 1.165) is 6.20 Å². The largest absolute Gasteiger partial charge is 0.480 e. The highest BCUT2D eigenvalue weighted by atomic mass is 19.4. The van der Waals surface area contributed by atoms with E-state index in [0.29, 0.717) is 10.2 Å². The van der Waals surface area contributed by atoms with E-state index in [1.54, 1.807) is 0 Å². The van der Waals surface area contributed by atoms with Gasteiger partial charge in [-0.3, -0.25) is 4.79 Å². The Labute approximate surface area is 156 Å². The van der Waals surface area contributed by atoms with Crippen molar-refractivity contribution in [3.8, 4) is 11.7 Å². The van der Waals surface area contributed by atoms with Gasteiger partial charge in [0.1, 0.15) is 5.82 Å². The summed E-state index contributed by atoms with van der Waals surface area (Å²) in [6.45, 7) is -0.0794. The third kappa shape index (κ3) is 4.08. The average molecular weight is 395 g/mol. The number of alkyl halides is 3. The van der Waals surface area contributed by atoms with E-state index in [1.807, 2.05) is 0 Å². The third-order valence-corrected chi connectivity index (χ3v) is 3.70. The number of hydrogen-bond donors (Lipinski definition) is 1. The van der Waals surface area contributed by atoms with E-state index in [-0.39, 0.29) is 18.2 Å². The number of ether oxygens (including phenoxy) is 1. The SMILES string of the molecule is COc1ccc(-n2ncc(C(=O)NCc3ccc(F)cc3)c2C(F)(F)F)nn1. The number of carbonyl (C=O) groups excluding carboxylic acids is 1. The quantitative estimate of drug-likeness (QED) is 0.672. The fraction of sp³-hybridized carbons (Fsp3) is 0.176. The van der Waals surface area contributed by atoms with Crippen molar-refractivity contribution >= 4 is 5.91 Å². The summed E-state index contributed by atoms with van der Waals surface area (Å²) in [5, 5.41) is 13.2. The molecule has 2 heterocycles. The molecule has 0 radical (unpaired) electrons. The second-order valence-electron chi connectivity index (χ2n) is 5.56.